The molecule has 31 heavy (non-hydrogen) atoms. The van der Waals surface area contributed by atoms with Crippen LogP contribution in [0.15, 0.2) is 51.4 Å². The van der Waals surface area contributed by atoms with Crippen LogP contribution in [0, 0.1) is 0 Å². The molecule has 0 aliphatic rings. The number of nitrogens with zero attached hydrogens (tertiary/aromatic N) is 2. The molecule has 0 fully saturated rings. The van der Waals surface area contributed by atoms with Gasteiger partial charge in [-0.3, -0.25) is 24.0 Å². The third-order valence-corrected chi connectivity index (χ3v) is 5.82. The van der Waals surface area contributed by atoms with Crippen molar-refractivity contribution in [3.05, 3.63) is 73.1 Å². The van der Waals surface area contributed by atoms with E-state index in [9.17, 15) is 14.4 Å². The smallest absolute Gasteiger partial charge is 0.330 e. The first-order chi connectivity index (χ1) is 15.0. The van der Waals surface area contributed by atoms with Crippen LogP contribution in [0.4, 0.5) is 11.5 Å². The van der Waals surface area contributed by atoms with E-state index in [1.807, 2.05) is 42.6 Å². The minimum Gasteiger partial charge on any atom is -0.496 e. The number of H-pyrrole nitrogens is 1. The molecule has 164 valence electrons. The Balaban J connectivity index is 2.10. The molecule has 0 atom stereocenters. The average Bonchev–Trinajstić information content (AvgIpc) is 3.26. The zero-order valence-corrected chi connectivity index (χ0v) is 18.4. The lowest BCUT2D eigenvalue weighted by Crippen LogP contribution is -2.41. The van der Waals surface area contributed by atoms with E-state index in [2.05, 4.69) is 4.98 Å². The molecule has 0 saturated heterocycles. The zero-order valence-electron chi connectivity index (χ0n) is 17.6. The summed E-state index contributed by atoms with van der Waals surface area (Å²) in [5.74, 6) is 0.272. The van der Waals surface area contributed by atoms with E-state index in [-0.39, 0.29) is 30.4 Å². The van der Waals surface area contributed by atoms with E-state index < -0.39 is 11.2 Å². The summed E-state index contributed by atoms with van der Waals surface area (Å²) in [6.45, 7) is 2.42. The number of hydrogen-bond donors (Lipinski definition) is 2. The number of nitrogens with two attached hydrogens (primary N) is 1. The Hall–Kier alpha value is -3.33. The summed E-state index contributed by atoms with van der Waals surface area (Å²) in [5.41, 5.74) is 5.70. The Labute approximate surface area is 183 Å². The number of ether oxygens (including phenoxy) is 1. The van der Waals surface area contributed by atoms with Crippen molar-refractivity contribution >= 4 is 28.7 Å². The second-order valence-corrected chi connectivity index (χ2v) is 8.08. The highest BCUT2D eigenvalue weighted by atomic mass is 32.1. The van der Waals surface area contributed by atoms with E-state index in [1.165, 1.54) is 20.8 Å². The number of hydrogen-bond acceptors (Lipinski definition) is 6. The first kappa shape index (κ1) is 22.4. The molecule has 2 aromatic heterocycles. The molecule has 0 aliphatic heterocycles. The quantitative estimate of drug-likeness (QED) is 0.529. The Morgan fingerprint density at radius 2 is 2.00 bits per heavy atom. The molecule has 0 radical (unpaired) electrons. The highest BCUT2D eigenvalue weighted by molar-refractivity contribution is 7.10. The number of thiophene rings is 1. The fourth-order valence-corrected chi connectivity index (χ4v) is 4.03. The predicted molar refractivity (Wildman–Crippen MR) is 123 cm³/mol. The van der Waals surface area contributed by atoms with Crippen LogP contribution in [-0.4, -0.2) is 22.6 Å². The van der Waals surface area contributed by atoms with Gasteiger partial charge in [0.05, 0.1) is 20.1 Å². The number of nitrogens with one attached hydrogen (secondary N) is 1. The molecule has 3 aromatic rings. The highest BCUT2D eigenvalue weighted by Gasteiger charge is 2.25. The first-order valence-corrected chi connectivity index (χ1v) is 10.9. The molecule has 9 heteroatoms. The van der Waals surface area contributed by atoms with Crippen LogP contribution in [0.5, 0.6) is 5.75 Å². The molecule has 0 saturated carbocycles. The first-order valence-electron chi connectivity index (χ1n) is 10.0. The predicted octanol–water partition coefficient (Wildman–Crippen LogP) is 2.76. The number of aromatic amines is 1. The zero-order chi connectivity index (χ0) is 22.4. The lowest BCUT2D eigenvalue weighted by Gasteiger charge is -2.25. The summed E-state index contributed by atoms with van der Waals surface area (Å²) >= 11 is 1.46. The van der Waals surface area contributed by atoms with Gasteiger partial charge in [0, 0.05) is 17.0 Å². The Morgan fingerprint density at radius 3 is 2.68 bits per heavy atom. The van der Waals surface area contributed by atoms with Crippen molar-refractivity contribution in [1.29, 1.82) is 0 Å². The lowest BCUT2D eigenvalue weighted by atomic mass is 10.1. The topological polar surface area (TPSA) is 110 Å². The van der Waals surface area contributed by atoms with Gasteiger partial charge in [0.1, 0.15) is 11.6 Å². The van der Waals surface area contributed by atoms with Crippen molar-refractivity contribution in [3.63, 3.8) is 0 Å². The van der Waals surface area contributed by atoms with Gasteiger partial charge in [0.2, 0.25) is 5.91 Å². The van der Waals surface area contributed by atoms with Gasteiger partial charge in [-0.15, -0.1) is 11.3 Å². The van der Waals surface area contributed by atoms with Gasteiger partial charge in [0.25, 0.3) is 5.56 Å². The molecule has 3 N–H and O–H groups in total. The van der Waals surface area contributed by atoms with E-state index in [0.29, 0.717) is 18.7 Å². The van der Waals surface area contributed by atoms with Crippen LogP contribution in [-0.2, 0) is 24.3 Å². The van der Waals surface area contributed by atoms with Crippen LogP contribution in [0.2, 0.25) is 0 Å². The number of aromatic nitrogens is 2. The molecule has 0 aliphatic carbocycles. The number of anilines is 2. The third-order valence-electron chi connectivity index (χ3n) is 4.95. The van der Waals surface area contributed by atoms with Gasteiger partial charge >= 0.3 is 5.69 Å². The monoisotopic (exact) mass is 442 g/mol. The van der Waals surface area contributed by atoms with Gasteiger partial charge in [-0.1, -0.05) is 37.6 Å². The third kappa shape index (κ3) is 5.05. The summed E-state index contributed by atoms with van der Waals surface area (Å²) < 4.78 is 6.73. The van der Waals surface area contributed by atoms with Crippen molar-refractivity contribution < 1.29 is 9.53 Å². The van der Waals surface area contributed by atoms with Crippen LogP contribution in [0.25, 0.3) is 0 Å². The average molecular weight is 443 g/mol. The SMILES string of the molecule is CCCCn1c(N)c(N(Cc2ccccc2OC)C(=O)Cc2cccs2)c(=O)[nH]c1=O. The normalized spacial score (nSPS) is 10.8. The number of carbonyl (C=O) groups is 1. The number of carbonyl (C=O) groups excluding carboxylic acids is 1. The van der Waals surface area contributed by atoms with Gasteiger partial charge < -0.3 is 10.5 Å². The summed E-state index contributed by atoms with van der Waals surface area (Å²) in [5, 5.41) is 1.89. The highest BCUT2D eigenvalue weighted by Crippen LogP contribution is 2.25. The van der Waals surface area contributed by atoms with E-state index in [4.69, 9.17) is 10.5 Å². The second-order valence-electron chi connectivity index (χ2n) is 7.05. The van der Waals surface area contributed by atoms with Crippen LogP contribution < -0.4 is 26.6 Å². The number of unbranched alkanes of at least 4 members (excludes halogenated alkanes) is 1. The minimum atomic E-state index is -0.690. The molecular weight excluding hydrogens is 416 g/mol. The van der Waals surface area contributed by atoms with Crippen LogP contribution in [0.1, 0.15) is 30.2 Å². The summed E-state index contributed by atoms with van der Waals surface area (Å²) in [6, 6.07) is 11.0. The fraction of sp³-hybridized carbons (Fsp3) is 0.318. The van der Waals surface area contributed by atoms with Crippen LogP contribution in [0.3, 0.4) is 0 Å². The number of amides is 1. The molecule has 2 heterocycles. The summed E-state index contributed by atoms with van der Waals surface area (Å²) in [7, 11) is 1.54. The van der Waals surface area contributed by atoms with Crippen molar-refractivity contribution in [2.45, 2.75) is 39.3 Å². The van der Waals surface area contributed by atoms with Gasteiger partial charge in [-0.2, -0.15) is 0 Å². The molecule has 8 nitrogen and oxygen atoms in total. The van der Waals surface area contributed by atoms with Crippen molar-refractivity contribution in [2.24, 2.45) is 0 Å². The maximum atomic E-state index is 13.3. The van der Waals surface area contributed by atoms with Gasteiger partial charge in [-0.25, -0.2) is 4.79 Å². The molecule has 1 amide bonds. The van der Waals surface area contributed by atoms with Crippen LogP contribution >= 0.6 is 11.3 Å². The number of para-hydroxylation sites is 1. The molecular formula is C22H26N4O4S. The maximum Gasteiger partial charge on any atom is 0.330 e. The van der Waals surface area contributed by atoms with E-state index in [1.54, 1.807) is 13.2 Å². The largest absolute Gasteiger partial charge is 0.496 e. The second kappa shape index (κ2) is 10.1. The summed E-state index contributed by atoms with van der Waals surface area (Å²) in [4.78, 5) is 43.0. The molecule has 0 bridgehead atoms. The number of benzene rings is 1. The fourth-order valence-electron chi connectivity index (χ4n) is 3.33. The molecule has 0 unspecified atom stereocenters. The Kier molecular flexibility index (Phi) is 7.30. The number of nitrogen functional groups attached to an aromatic ring is 1. The van der Waals surface area contributed by atoms with Crippen molar-refractivity contribution in [2.75, 3.05) is 17.7 Å². The van der Waals surface area contributed by atoms with Crippen molar-refractivity contribution in [3.8, 4) is 5.75 Å². The summed E-state index contributed by atoms with van der Waals surface area (Å²) in [6.07, 6.45) is 1.67. The number of rotatable bonds is 9. The molecule has 3 rings (SSSR count). The molecule has 1 aromatic carbocycles. The Bertz CT molecular complexity index is 1150. The van der Waals surface area contributed by atoms with E-state index in [0.717, 1.165) is 16.9 Å². The van der Waals surface area contributed by atoms with E-state index >= 15 is 0 Å². The Morgan fingerprint density at radius 1 is 1.23 bits per heavy atom. The molecule has 0 spiro atoms. The minimum absolute atomic E-state index is 0.0170. The standard InChI is InChI=1S/C22H26N4O4S/c1-3-4-11-25-20(23)19(21(28)24-22(25)29)26(18(27)13-16-9-7-12-31-16)14-15-8-5-6-10-17(15)30-2/h5-10,12H,3-4,11,13-14,23H2,1-2H3,(H,24,28,29). The van der Waals surface area contributed by atoms with Gasteiger partial charge in [-0.05, 0) is 23.9 Å². The lowest BCUT2D eigenvalue weighted by molar-refractivity contribution is -0.118. The maximum absolute atomic E-state index is 13.3. The van der Waals surface area contributed by atoms with Crippen molar-refractivity contribution in [1.82, 2.24) is 9.55 Å². The van der Waals surface area contributed by atoms with Gasteiger partial charge in [0.15, 0.2) is 5.69 Å². The number of methoxy groups -OCH3 is 1.